The summed E-state index contributed by atoms with van der Waals surface area (Å²) in [7, 11) is 0. The van der Waals surface area contributed by atoms with Crippen LogP contribution in [-0.2, 0) is 13.0 Å². The van der Waals surface area contributed by atoms with Gasteiger partial charge in [-0.05, 0) is 32.1 Å². The van der Waals surface area contributed by atoms with Crippen LogP contribution in [0.15, 0.2) is 23.4 Å². The lowest BCUT2D eigenvalue weighted by molar-refractivity contribution is 0.0931. The van der Waals surface area contributed by atoms with Gasteiger partial charge in [0.2, 0.25) is 0 Å². The molecule has 1 amide bonds. The number of aromatic nitrogens is 4. The van der Waals surface area contributed by atoms with Gasteiger partial charge in [-0.1, -0.05) is 0 Å². The monoisotopic (exact) mass is 342 g/mol. The summed E-state index contributed by atoms with van der Waals surface area (Å²) in [5.74, 6) is 0.356. The second-order valence-corrected chi connectivity index (χ2v) is 6.69. The molecule has 2 aromatic heterocycles. The molecule has 8 heteroatoms. The molecule has 0 bridgehead atoms. The molecule has 2 N–H and O–H groups in total. The van der Waals surface area contributed by atoms with Crippen molar-refractivity contribution >= 4 is 11.7 Å². The largest absolute Gasteiger partial charge is 0.350 e. The maximum Gasteiger partial charge on any atom is 0.290 e. The molecule has 8 nitrogen and oxygen atoms in total. The molecule has 0 spiro atoms. The number of carbonyl (C=O) groups excluding carboxylic acids is 1. The van der Waals surface area contributed by atoms with E-state index in [0.29, 0.717) is 17.9 Å². The molecule has 1 saturated heterocycles. The second kappa shape index (κ2) is 6.70. The van der Waals surface area contributed by atoms with Crippen molar-refractivity contribution in [3.63, 3.8) is 0 Å². The van der Waals surface area contributed by atoms with E-state index in [9.17, 15) is 9.59 Å². The van der Waals surface area contributed by atoms with Gasteiger partial charge in [-0.25, -0.2) is 4.98 Å². The van der Waals surface area contributed by atoms with Crippen LogP contribution in [0, 0.1) is 0 Å². The van der Waals surface area contributed by atoms with Crippen LogP contribution in [0.1, 0.15) is 41.7 Å². The van der Waals surface area contributed by atoms with Crippen LogP contribution in [0.3, 0.4) is 0 Å². The van der Waals surface area contributed by atoms with Gasteiger partial charge in [0, 0.05) is 38.1 Å². The zero-order chi connectivity index (χ0) is 17.2. The molecule has 0 aliphatic carbocycles. The van der Waals surface area contributed by atoms with Crippen LogP contribution in [-0.4, -0.2) is 44.8 Å². The first-order valence-electron chi connectivity index (χ1n) is 8.86. The Balaban J connectivity index is 1.46. The van der Waals surface area contributed by atoms with Crippen molar-refractivity contribution in [3.05, 3.63) is 40.2 Å². The highest BCUT2D eigenvalue weighted by Crippen LogP contribution is 2.19. The first kappa shape index (κ1) is 15.9. The highest BCUT2D eigenvalue weighted by Gasteiger charge is 2.26. The molecule has 4 rings (SSSR count). The van der Waals surface area contributed by atoms with Crippen molar-refractivity contribution in [2.45, 2.75) is 44.7 Å². The van der Waals surface area contributed by atoms with Gasteiger partial charge in [-0.3, -0.25) is 14.3 Å². The standard InChI is InChI=1S/C17H22N6O2/c24-16(13-10-20-23-9-2-1-5-14(13)23)21-12-4-3-8-22(11-12)15-17(25)19-7-6-18-15/h6-7,10,12H,1-5,8-9,11H2,(H,19,25)(H,21,24)/t12-/m1/s1. The molecule has 4 heterocycles. The van der Waals surface area contributed by atoms with E-state index in [-0.39, 0.29) is 17.5 Å². The Kier molecular flexibility index (Phi) is 4.25. The first-order valence-corrected chi connectivity index (χ1v) is 8.86. The van der Waals surface area contributed by atoms with Crippen molar-refractivity contribution in [1.29, 1.82) is 0 Å². The molecule has 0 aromatic carbocycles. The van der Waals surface area contributed by atoms with Crippen LogP contribution in [0.5, 0.6) is 0 Å². The molecule has 2 aliphatic heterocycles. The highest BCUT2D eigenvalue weighted by molar-refractivity contribution is 5.95. The lowest BCUT2D eigenvalue weighted by Gasteiger charge is -2.33. The molecule has 2 aliphatic rings. The third-order valence-corrected chi connectivity index (χ3v) is 4.97. The minimum atomic E-state index is -0.194. The van der Waals surface area contributed by atoms with Crippen LogP contribution in [0.4, 0.5) is 5.82 Å². The number of rotatable bonds is 3. The Labute approximate surface area is 145 Å². The molecule has 25 heavy (non-hydrogen) atoms. The predicted molar refractivity (Wildman–Crippen MR) is 92.7 cm³/mol. The summed E-state index contributed by atoms with van der Waals surface area (Å²) in [6.07, 6.45) is 9.72. The number of piperidine rings is 1. The van der Waals surface area contributed by atoms with Gasteiger partial charge in [0.1, 0.15) is 0 Å². The quantitative estimate of drug-likeness (QED) is 0.856. The summed E-state index contributed by atoms with van der Waals surface area (Å²) in [5, 5.41) is 7.45. The van der Waals surface area contributed by atoms with Crippen LogP contribution >= 0.6 is 0 Å². The van der Waals surface area contributed by atoms with Crippen molar-refractivity contribution in [2.75, 3.05) is 18.0 Å². The van der Waals surface area contributed by atoms with Crippen molar-refractivity contribution in [1.82, 2.24) is 25.1 Å². The fourth-order valence-electron chi connectivity index (χ4n) is 3.73. The summed E-state index contributed by atoms with van der Waals surface area (Å²) in [4.78, 5) is 33.4. The Morgan fingerprint density at radius 1 is 1.28 bits per heavy atom. The second-order valence-electron chi connectivity index (χ2n) is 6.69. The number of fused-ring (bicyclic) bond motifs is 1. The number of hydrogen-bond donors (Lipinski definition) is 2. The van der Waals surface area contributed by atoms with E-state index in [0.717, 1.165) is 50.9 Å². The number of hydrogen-bond acceptors (Lipinski definition) is 5. The predicted octanol–water partition coefficient (Wildman–Crippen LogP) is 0.701. The van der Waals surface area contributed by atoms with E-state index >= 15 is 0 Å². The SMILES string of the molecule is O=C(N[C@@H]1CCCN(c2ncc[nH]c2=O)C1)c1cnn2c1CCCC2. The fraction of sp³-hybridized carbons (Fsp3) is 0.529. The molecule has 1 fully saturated rings. The van der Waals surface area contributed by atoms with E-state index in [4.69, 9.17) is 0 Å². The molecule has 0 saturated carbocycles. The molecule has 0 unspecified atom stereocenters. The highest BCUT2D eigenvalue weighted by atomic mass is 16.2. The van der Waals surface area contributed by atoms with E-state index in [2.05, 4.69) is 20.4 Å². The molecule has 2 aromatic rings. The van der Waals surface area contributed by atoms with E-state index < -0.39 is 0 Å². The topological polar surface area (TPSA) is 95.9 Å². The summed E-state index contributed by atoms with van der Waals surface area (Å²) in [5.41, 5.74) is 1.53. The van der Waals surface area contributed by atoms with E-state index in [1.165, 1.54) is 6.20 Å². The number of aromatic amines is 1. The summed E-state index contributed by atoms with van der Waals surface area (Å²) in [6.45, 7) is 2.26. The number of nitrogens with zero attached hydrogens (tertiary/aromatic N) is 4. The average molecular weight is 342 g/mol. The third-order valence-electron chi connectivity index (χ3n) is 4.97. The normalized spacial score (nSPS) is 20.2. The zero-order valence-corrected chi connectivity index (χ0v) is 14.1. The third kappa shape index (κ3) is 3.16. The van der Waals surface area contributed by atoms with Gasteiger partial charge in [0.05, 0.1) is 17.5 Å². The minimum absolute atomic E-state index is 0.00166. The van der Waals surface area contributed by atoms with Crippen molar-refractivity contribution < 1.29 is 4.79 Å². The molecule has 132 valence electrons. The molecular weight excluding hydrogens is 320 g/mol. The van der Waals surface area contributed by atoms with Gasteiger partial charge in [0.15, 0.2) is 5.82 Å². The van der Waals surface area contributed by atoms with Gasteiger partial charge >= 0.3 is 0 Å². The number of H-pyrrole nitrogens is 1. The lowest BCUT2D eigenvalue weighted by Crippen LogP contribution is -2.49. The number of aryl methyl sites for hydroxylation is 1. The maximum absolute atomic E-state index is 12.7. The lowest BCUT2D eigenvalue weighted by atomic mass is 10.0. The van der Waals surface area contributed by atoms with Crippen LogP contribution in [0.25, 0.3) is 0 Å². The fourth-order valence-corrected chi connectivity index (χ4v) is 3.73. The molecular formula is C17H22N6O2. The molecule has 0 radical (unpaired) electrons. The summed E-state index contributed by atoms with van der Waals surface area (Å²) >= 11 is 0. The Hall–Kier alpha value is -2.64. The average Bonchev–Trinajstić information content (AvgIpc) is 3.06. The van der Waals surface area contributed by atoms with Gasteiger partial charge in [0.25, 0.3) is 11.5 Å². The Morgan fingerprint density at radius 3 is 3.08 bits per heavy atom. The number of nitrogens with one attached hydrogen (secondary N) is 2. The van der Waals surface area contributed by atoms with Gasteiger partial charge in [-0.2, -0.15) is 5.10 Å². The van der Waals surface area contributed by atoms with Gasteiger partial charge < -0.3 is 15.2 Å². The van der Waals surface area contributed by atoms with Crippen LogP contribution < -0.4 is 15.8 Å². The summed E-state index contributed by atoms with van der Waals surface area (Å²) < 4.78 is 1.94. The number of amides is 1. The van der Waals surface area contributed by atoms with Crippen LogP contribution in [0.2, 0.25) is 0 Å². The van der Waals surface area contributed by atoms with E-state index in [1.807, 2.05) is 9.58 Å². The molecule has 1 atom stereocenters. The Bertz CT molecular complexity index is 827. The zero-order valence-electron chi connectivity index (χ0n) is 14.1. The van der Waals surface area contributed by atoms with Crippen molar-refractivity contribution in [3.8, 4) is 0 Å². The Morgan fingerprint density at radius 2 is 2.20 bits per heavy atom. The van der Waals surface area contributed by atoms with Crippen molar-refractivity contribution in [2.24, 2.45) is 0 Å². The first-order chi connectivity index (χ1) is 12.2. The number of anilines is 1. The minimum Gasteiger partial charge on any atom is -0.350 e. The smallest absolute Gasteiger partial charge is 0.290 e. The maximum atomic E-state index is 12.7. The van der Waals surface area contributed by atoms with E-state index in [1.54, 1.807) is 12.4 Å². The number of carbonyl (C=O) groups is 1. The summed E-state index contributed by atoms with van der Waals surface area (Å²) in [6, 6.07) is 0.00166. The van der Waals surface area contributed by atoms with Gasteiger partial charge in [-0.15, -0.1) is 0 Å².